The molecule has 0 aromatic carbocycles. The van der Waals surface area contributed by atoms with Gasteiger partial charge in [0.25, 0.3) is 0 Å². The van der Waals surface area contributed by atoms with E-state index in [1.807, 2.05) is 0 Å². The van der Waals surface area contributed by atoms with Crippen LogP contribution in [0.2, 0.25) is 0 Å². The number of nitrogens with zero attached hydrogens (tertiary/aromatic N) is 1. The molecule has 4 heteroatoms. The summed E-state index contributed by atoms with van der Waals surface area (Å²) < 4.78 is 0. The third kappa shape index (κ3) is 2.61. The summed E-state index contributed by atoms with van der Waals surface area (Å²) in [5.41, 5.74) is -0.476. The van der Waals surface area contributed by atoms with Crippen LogP contribution < -0.4 is 5.32 Å². The van der Waals surface area contributed by atoms with E-state index in [4.69, 9.17) is 0 Å². The van der Waals surface area contributed by atoms with E-state index in [0.29, 0.717) is 37.5 Å². The number of rotatable bonds is 5. The zero-order chi connectivity index (χ0) is 14.6. The van der Waals surface area contributed by atoms with Gasteiger partial charge in [0.1, 0.15) is 0 Å². The highest BCUT2D eigenvalue weighted by molar-refractivity contribution is 5.78. The standard InChI is InChI=1S/C17H28N2O2/c1-11(15-7-12-2-3-13(15)6-12)18-16(20)8-19-9-17(21,10-19)14-4-5-14/h11-15,21H,2-10H2,1H3,(H,18,20). The first-order valence-electron chi connectivity index (χ1n) is 8.77. The van der Waals surface area contributed by atoms with Gasteiger partial charge in [-0.3, -0.25) is 9.69 Å². The molecule has 1 amide bonds. The second-order valence-corrected chi connectivity index (χ2v) is 8.22. The summed E-state index contributed by atoms with van der Waals surface area (Å²) in [5.74, 6) is 3.14. The van der Waals surface area contributed by atoms with Gasteiger partial charge in [-0.15, -0.1) is 0 Å². The number of hydrogen-bond acceptors (Lipinski definition) is 3. The first kappa shape index (κ1) is 14.0. The van der Waals surface area contributed by atoms with Crippen molar-refractivity contribution in [2.24, 2.45) is 23.7 Å². The molecule has 21 heavy (non-hydrogen) atoms. The van der Waals surface area contributed by atoms with Crippen LogP contribution in [0.25, 0.3) is 0 Å². The Labute approximate surface area is 127 Å². The maximum Gasteiger partial charge on any atom is 0.234 e. The van der Waals surface area contributed by atoms with Crippen LogP contribution in [0.1, 0.15) is 45.4 Å². The molecule has 4 fully saturated rings. The van der Waals surface area contributed by atoms with E-state index in [1.165, 1.54) is 25.7 Å². The Morgan fingerprint density at radius 1 is 1.29 bits per heavy atom. The number of likely N-dealkylation sites (tertiary alicyclic amines) is 1. The van der Waals surface area contributed by atoms with Crippen LogP contribution in [0.15, 0.2) is 0 Å². The number of hydrogen-bond donors (Lipinski definition) is 2. The van der Waals surface area contributed by atoms with Gasteiger partial charge in [0, 0.05) is 19.1 Å². The van der Waals surface area contributed by atoms with Crippen LogP contribution >= 0.6 is 0 Å². The molecule has 1 heterocycles. The first-order chi connectivity index (χ1) is 10.0. The quantitative estimate of drug-likeness (QED) is 0.805. The zero-order valence-electron chi connectivity index (χ0n) is 13.1. The lowest BCUT2D eigenvalue weighted by atomic mass is 9.84. The van der Waals surface area contributed by atoms with E-state index < -0.39 is 5.60 Å². The first-order valence-corrected chi connectivity index (χ1v) is 8.77. The predicted molar refractivity (Wildman–Crippen MR) is 80.7 cm³/mol. The van der Waals surface area contributed by atoms with Gasteiger partial charge in [0.2, 0.25) is 5.91 Å². The number of fused-ring (bicyclic) bond motifs is 2. The summed E-state index contributed by atoms with van der Waals surface area (Å²) in [5, 5.41) is 13.5. The molecule has 0 aromatic heterocycles. The minimum absolute atomic E-state index is 0.142. The molecule has 0 aromatic rings. The summed E-state index contributed by atoms with van der Waals surface area (Å²) in [6.07, 6.45) is 7.82. The van der Waals surface area contributed by atoms with E-state index in [9.17, 15) is 9.90 Å². The van der Waals surface area contributed by atoms with Crippen molar-refractivity contribution in [1.82, 2.24) is 10.2 Å². The third-order valence-electron chi connectivity index (χ3n) is 6.52. The van der Waals surface area contributed by atoms with Crippen LogP contribution in [0.5, 0.6) is 0 Å². The molecule has 4 atom stereocenters. The average molecular weight is 292 g/mol. The molecule has 4 unspecified atom stereocenters. The van der Waals surface area contributed by atoms with Gasteiger partial charge in [-0.05, 0) is 62.7 Å². The molecule has 118 valence electrons. The van der Waals surface area contributed by atoms with Gasteiger partial charge in [0.15, 0.2) is 0 Å². The molecule has 3 saturated carbocycles. The molecular formula is C17H28N2O2. The van der Waals surface area contributed by atoms with E-state index in [1.54, 1.807) is 0 Å². The summed E-state index contributed by atoms with van der Waals surface area (Å²) in [4.78, 5) is 14.3. The fraction of sp³-hybridized carbons (Fsp3) is 0.941. The number of carbonyl (C=O) groups excluding carboxylic acids is 1. The van der Waals surface area contributed by atoms with E-state index in [-0.39, 0.29) is 5.91 Å². The zero-order valence-corrected chi connectivity index (χ0v) is 13.1. The maximum atomic E-state index is 12.2. The lowest BCUT2D eigenvalue weighted by Gasteiger charge is -2.46. The van der Waals surface area contributed by atoms with Crippen molar-refractivity contribution >= 4 is 5.91 Å². The number of amides is 1. The highest BCUT2D eigenvalue weighted by atomic mass is 16.3. The van der Waals surface area contributed by atoms with Gasteiger partial charge in [-0.2, -0.15) is 0 Å². The smallest absolute Gasteiger partial charge is 0.234 e. The molecule has 2 N–H and O–H groups in total. The molecule has 4 nitrogen and oxygen atoms in total. The Balaban J connectivity index is 1.21. The Bertz CT molecular complexity index is 429. The second kappa shape index (κ2) is 4.95. The van der Waals surface area contributed by atoms with Crippen molar-refractivity contribution in [1.29, 1.82) is 0 Å². The van der Waals surface area contributed by atoms with E-state index >= 15 is 0 Å². The second-order valence-electron chi connectivity index (χ2n) is 8.22. The van der Waals surface area contributed by atoms with Crippen molar-refractivity contribution in [2.75, 3.05) is 19.6 Å². The van der Waals surface area contributed by atoms with Crippen molar-refractivity contribution in [2.45, 2.75) is 57.1 Å². The van der Waals surface area contributed by atoms with Crippen LogP contribution in [-0.4, -0.2) is 47.2 Å². The maximum absolute atomic E-state index is 12.2. The number of β-amino-alcohol motifs (C(OH)–C–C–N with tert-alkyl or cyclic N) is 1. The van der Waals surface area contributed by atoms with Crippen LogP contribution in [0.3, 0.4) is 0 Å². The number of nitrogens with one attached hydrogen (secondary N) is 1. The van der Waals surface area contributed by atoms with Crippen molar-refractivity contribution < 1.29 is 9.90 Å². The topological polar surface area (TPSA) is 52.6 Å². The molecule has 0 radical (unpaired) electrons. The van der Waals surface area contributed by atoms with Gasteiger partial charge in [-0.1, -0.05) is 6.42 Å². The Morgan fingerprint density at radius 2 is 2.05 bits per heavy atom. The van der Waals surface area contributed by atoms with E-state index in [0.717, 1.165) is 24.7 Å². The monoisotopic (exact) mass is 292 g/mol. The molecule has 3 aliphatic carbocycles. The Hall–Kier alpha value is -0.610. The van der Waals surface area contributed by atoms with Crippen LogP contribution in [-0.2, 0) is 4.79 Å². The molecule has 0 spiro atoms. The highest BCUT2D eigenvalue weighted by Gasteiger charge is 2.52. The normalized spacial score (nSPS) is 39.0. The minimum atomic E-state index is -0.476. The van der Waals surface area contributed by atoms with Crippen LogP contribution in [0.4, 0.5) is 0 Å². The fourth-order valence-corrected chi connectivity index (χ4v) is 5.23. The Kier molecular flexibility index (Phi) is 3.30. The third-order valence-corrected chi connectivity index (χ3v) is 6.52. The summed E-state index contributed by atoms with van der Waals surface area (Å²) in [6.45, 7) is 4.02. The van der Waals surface area contributed by atoms with Gasteiger partial charge < -0.3 is 10.4 Å². The van der Waals surface area contributed by atoms with Gasteiger partial charge in [0.05, 0.1) is 12.1 Å². The molecule has 1 saturated heterocycles. The van der Waals surface area contributed by atoms with E-state index in [2.05, 4.69) is 17.1 Å². The lowest BCUT2D eigenvalue weighted by molar-refractivity contribution is -0.137. The minimum Gasteiger partial charge on any atom is -0.387 e. The summed E-state index contributed by atoms with van der Waals surface area (Å²) in [6, 6.07) is 0.316. The fourth-order valence-electron chi connectivity index (χ4n) is 5.23. The van der Waals surface area contributed by atoms with Gasteiger partial charge in [-0.25, -0.2) is 0 Å². The SMILES string of the molecule is CC(NC(=O)CN1CC(O)(C2CC2)C1)C1CC2CCC1C2. The van der Waals surface area contributed by atoms with Gasteiger partial charge >= 0.3 is 0 Å². The Morgan fingerprint density at radius 3 is 2.62 bits per heavy atom. The van der Waals surface area contributed by atoms with Crippen molar-refractivity contribution in [3.8, 4) is 0 Å². The summed E-state index contributed by atoms with van der Waals surface area (Å²) >= 11 is 0. The number of carbonyl (C=O) groups is 1. The van der Waals surface area contributed by atoms with Crippen LogP contribution in [0, 0.1) is 23.7 Å². The largest absolute Gasteiger partial charge is 0.387 e. The molecule has 4 aliphatic rings. The van der Waals surface area contributed by atoms with Crippen molar-refractivity contribution in [3.05, 3.63) is 0 Å². The molecular weight excluding hydrogens is 264 g/mol. The lowest BCUT2D eigenvalue weighted by Crippen LogP contribution is -2.64. The predicted octanol–water partition coefficient (Wildman–Crippen LogP) is 1.38. The number of aliphatic hydroxyl groups is 1. The molecule has 1 aliphatic heterocycles. The highest BCUT2D eigenvalue weighted by Crippen LogP contribution is 2.49. The van der Waals surface area contributed by atoms with Crippen molar-refractivity contribution in [3.63, 3.8) is 0 Å². The molecule has 4 rings (SSSR count). The average Bonchev–Trinajstić information content (AvgIpc) is 3.05. The summed E-state index contributed by atoms with van der Waals surface area (Å²) in [7, 11) is 0. The molecule has 2 bridgehead atoms.